The molecule has 23 heavy (non-hydrogen) atoms. The SMILES string of the molecule is CN=C(NCc1ccc(S(N)(=O)=O)cc1)NC(C)CCC(C)C. The van der Waals surface area contributed by atoms with Gasteiger partial charge in [0.2, 0.25) is 10.0 Å². The molecule has 0 fully saturated rings. The molecule has 0 aliphatic heterocycles. The third kappa shape index (κ3) is 7.47. The van der Waals surface area contributed by atoms with E-state index in [4.69, 9.17) is 5.14 Å². The second-order valence-electron chi connectivity index (χ2n) is 6.13. The second-order valence-corrected chi connectivity index (χ2v) is 7.69. The van der Waals surface area contributed by atoms with Crippen molar-refractivity contribution in [1.29, 1.82) is 0 Å². The molecule has 1 atom stereocenters. The Hall–Kier alpha value is -1.60. The average Bonchev–Trinajstić information content (AvgIpc) is 2.48. The fourth-order valence-corrected chi connectivity index (χ4v) is 2.58. The van der Waals surface area contributed by atoms with Crippen LogP contribution in [-0.4, -0.2) is 27.5 Å². The number of guanidine groups is 1. The molecule has 1 aromatic carbocycles. The highest BCUT2D eigenvalue weighted by Crippen LogP contribution is 2.09. The van der Waals surface area contributed by atoms with Gasteiger partial charge in [0.15, 0.2) is 5.96 Å². The maximum absolute atomic E-state index is 11.2. The summed E-state index contributed by atoms with van der Waals surface area (Å²) in [6.45, 7) is 7.12. The Morgan fingerprint density at radius 1 is 1.17 bits per heavy atom. The summed E-state index contributed by atoms with van der Waals surface area (Å²) in [6.07, 6.45) is 2.25. The van der Waals surface area contributed by atoms with Crippen molar-refractivity contribution >= 4 is 16.0 Å². The Labute approximate surface area is 139 Å². The van der Waals surface area contributed by atoms with Crippen LogP contribution in [0, 0.1) is 5.92 Å². The quantitative estimate of drug-likeness (QED) is 0.521. The van der Waals surface area contributed by atoms with Crippen LogP contribution in [0.5, 0.6) is 0 Å². The van der Waals surface area contributed by atoms with E-state index < -0.39 is 10.0 Å². The highest BCUT2D eigenvalue weighted by Gasteiger charge is 2.08. The van der Waals surface area contributed by atoms with Gasteiger partial charge < -0.3 is 10.6 Å². The van der Waals surface area contributed by atoms with Gasteiger partial charge >= 0.3 is 0 Å². The molecular weight excluding hydrogens is 312 g/mol. The zero-order valence-electron chi connectivity index (χ0n) is 14.3. The van der Waals surface area contributed by atoms with Gasteiger partial charge in [-0.2, -0.15) is 0 Å². The highest BCUT2D eigenvalue weighted by molar-refractivity contribution is 7.89. The molecule has 0 radical (unpaired) electrons. The van der Waals surface area contributed by atoms with Crippen LogP contribution in [0.25, 0.3) is 0 Å². The van der Waals surface area contributed by atoms with Crippen molar-refractivity contribution in [2.45, 2.75) is 51.1 Å². The fourth-order valence-electron chi connectivity index (χ4n) is 2.07. The number of sulfonamides is 1. The molecule has 130 valence electrons. The predicted molar refractivity (Wildman–Crippen MR) is 94.7 cm³/mol. The van der Waals surface area contributed by atoms with E-state index >= 15 is 0 Å². The Balaban J connectivity index is 2.51. The van der Waals surface area contributed by atoms with E-state index in [1.165, 1.54) is 18.6 Å². The number of rotatable bonds is 7. The summed E-state index contributed by atoms with van der Waals surface area (Å²) >= 11 is 0. The largest absolute Gasteiger partial charge is 0.354 e. The highest BCUT2D eigenvalue weighted by atomic mass is 32.2. The van der Waals surface area contributed by atoms with E-state index in [9.17, 15) is 8.42 Å². The van der Waals surface area contributed by atoms with E-state index in [1.807, 2.05) is 0 Å². The number of benzene rings is 1. The Kier molecular flexibility index (Phi) is 7.51. The van der Waals surface area contributed by atoms with Crippen molar-refractivity contribution < 1.29 is 8.42 Å². The summed E-state index contributed by atoms with van der Waals surface area (Å²) in [4.78, 5) is 4.32. The van der Waals surface area contributed by atoms with Gasteiger partial charge in [0.05, 0.1) is 4.90 Å². The van der Waals surface area contributed by atoms with Crippen LogP contribution >= 0.6 is 0 Å². The minimum atomic E-state index is -3.64. The van der Waals surface area contributed by atoms with Crippen molar-refractivity contribution in [2.24, 2.45) is 16.0 Å². The molecule has 0 heterocycles. The minimum Gasteiger partial charge on any atom is -0.354 e. The van der Waals surface area contributed by atoms with Gasteiger partial charge in [-0.1, -0.05) is 26.0 Å². The van der Waals surface area contributed by atoms with Crippen molar-refractivity contribution in [1.82, 2.24) is 10.6 Å². The molecule has 7 heteroatoms. The van der Waals surface area contributed by atoms with E-state index in [2.05, 4.69) is 36.4 Å². The average molecular weight is 340 g/mol. The zero-order valence-corrected chi connectivity index (χ0v) is 15.2. The Bertz CT molecular complexity index is 609. The van der Waals surface area contributed by atoms with Gasteiger partial charge in [-0.3, -0.25) is 4.99 Å². The summed E-state index contributed by atoms with van der Waals surface area (Å²) in [7, 11) is -1.91. The maximum Gasteiger partial charge on any atom is 0.238 e. The predicted octanol–water partition coefficient (Wildman–Crippen LogP) is 1.82. The standard InChI is InChI=1S/C16H28N4O2S/c1-12(2)5-6-13(3)20-16(18-4)19-11-14-7-9-15(10-8-14)23(17,21)22/h7-10,12-13H,5-6,11H2,1-4H3,(H2,17,21,22)(H2,18,19,20). The maximum atomic E-state index is 11.2. The molecule has 0 aliphatic rings. The molecule has 0 amide bonds. The molecule has 0 aliphatic carbocycles. The fraction of sp³-hybridized carbons (Fsp3) is 0.562. The summed E-state index contributed by atoms with van der Waals surface area (Å²) in [6, 6.07) is 6.83. The number of nitrogens with zero attached hydrogens (tertiary/aromatic N) is 1. The third-order valence-corrected chi connectivity index (χ3v) is 4.42. The van der Waals surface area contributed by atoms with Crippen LogP contribution in [0.15, 0.2) is 34.2 Å². The van der Waals surface area contributed by atoms with Crippen molar-refractivity contribution in [3.63, 3.8) is 0 Å². The van der Waals surface area contributed by atoms with E-state index in [1.54, 1.807) is 19.2 Å². The van der Waals surface area contributed by atoms with Gasteiger partial charge in [-0.15, -0.1) is 0 Å². The van der Waals surface area contributed by atoms with Crippen molar-refractivity contribution in [2.75, 3.05) is 7.05 Å². The molecule has 0 saturated carbocycles. The molecule has 0 spiro atoms. The summed E-state index contributed by atoms with van der Waals surface area (Å²) in [5.41, 5.74) is 0.954. The topological polar surface area (TPSA) is 96.6 Å². The molecule has 0 aromatic heterocycles. The summed E-state index contributed by atoms with van der Waals surface area (Å²) < 4.78 is 22.4. The molecule has 0 bridgehead atoms. The van der Waals surface area contributed by atoms with Crippen molar-refractivity contribution in [3.8, 4) is 0 Å². The first-order valence-electron chi connectivity index (χ1n) is 7.81. The third-order valence-electron chi connectivity index (χ3n) is 3.50. The van der Waals surface area contributed by atoms with Crippen LogP contribution in [0.4, 0.5) is 0 Å². The molecule has 1 unspecified atom stereocenters. The molecule has 4 N–H and O–H groups in total. The van der Waals surface area contributed by atoms with Crippen molar-refractivity contribution in [3.05, 3.63) is 29.8 Å². The molecule has 1 aromatic rings. The summed E-state index contributed by atoms with van der Waals surface area (Å²) in [5.74, 6) is 1.42. The molecule has 0 saturated heterocycles. The Morgan fingerprint density at radius 2 is 1.78 bits per heavy atom. The number of nitrogens with one attached hydrogen (secondary N) is 2. The first-order chi connectivity index (χ1) is 10.7. The molecule has 1 rings (SSSR count). The number of primary sulfonamides is 1. The van der Waals surface area contributed by atoms with Crippen LogP contribution in [0.3, 0.4) is 0 Å². The van der Waals surface area contributed by atoms with Gasteiger partial charge in [-0.25, -0.2) is 13.6 Å². The molecular formula is C16H28N4O2S. The first kappa shape index (κ1) is 19.4. The van der Waals surface area contributed by atoms with Crippen LogP contribution in [0.2, 0.25) is 0 Å². The Morgan fingerprint density at radius 3 is 2.26 bits per heavy atom. The van der Waals surface area contributed by atoms with Gasteiger partial charge in [-0.05, 0) is 43.4 Å². The second kappa shape index (κ2) is 8.88. The van der Waals surface area contributed by atoms with Crippen LogP contribution < -0.4 is 15.8 Å². The van der Waals surface area contributed by atoms with E-state index in [0.29, 0.717) is 18.5 Å². The normalized spacial score (nSPS) is 13.9. The van der Waals surface area contributed by atoms with E-state index in [0.717, 1.165) is 17.9 Å². The van der Waals surface area contributed by atoms with Crippen LogP contribution in [-0.2, 0) is 16.6 Å². The molecule has 6 nitrogen and oxygen atoms in total. The zero-order chi connectivity index (χ0) is 17.5. The lowest BCUT2D eigenvalue weighted by Crippen LogP contribution is -2.41. The van der Waals surface area contributed by atoms with Gasteiger partial charge in [0, 0.05) is 19.6 Å². The van der Waals surface area contributed by atoms with E-state index in [-0.39, 0.29) is 4.90 Å². The van der Waals surface area contributed by atoms with Crippen LogP contribution in [0.1, 0.15) is 39.2 Å². The lowest BCUT2D eigenvalue weighted by Gasteiger charge is -2.18. The van der Waals surface area contributed by atoms with Gasteiger partial charge in [0.1, 0.15) is 0 Å². The summed E-state index contributed by atoms with van der Waals surface area (Å²) in [5, 5.41) is 11.7. The number of hydrogen-bond donors (Lipinski definition) is 3. The smallest absolute Gasteiger partial charge is 0.238 e. The van der Waals surface area contributed by atoms with Gasteiger partial charge in [0.25, 0.3) is 0 Å². The minimum absolute atomic E-state index is 0.117. The first-order valence-corrected chi connectivity index (χ1v) is 9.36. The lowest BCUT2D eigenvalue weighted by atomic mass is 10.0. The monoisotopic (exact) mass is 340 g/mol. The number of aliphatic imine (C=N–C) groups is 1. The number of nitrogens with two attached hydrogens (primary N) is 1. The lowest BCUT2D eigenvalue weighted by molar-refractivity contribution is 0.489. The number of hydrogen-bond acceptors (Lipinski definition) is 3.